The Morgan fingerprint density at radius 1 is 1.50 bits per heavy atom. The lowest BCUT2D eigenvalue weighted by Crippen LogP contribution is -2.31. The smallest absolute Gasteiger partial charge is 0.258 e. The summed E-state index contributed by atoms with van der Waals surface area (Å²) in [5, 5.41) is 10.2. The van der Waals surface area contributed by atoms with Gasteiger partial charge >= 0.3 is 0 Å². The standard InChI is InChI=1S/C13H13Cl2N3O2/c1-8(9-5-16-17-6-9)18-13(19)7-20-12-3-2-10(14)4-11(12)15/h2-6,8H,7H2,1H3,(H,16,17)(H,18,19). The molecular formula is C13H13Cl2N3O2. The first-order chi connectivity index (χ1) is 9.56. The highest BCUT2D eigenvalue weighted by molar-refractivity contribution is 6.35. The van der Waals surface area contributed by atoms with Crippen molar-refractivity contribution < 1.29 is 9.53 Å². The Hall–Kier alpha value is -1.72. The molecule has 0 aliphatic rings. The number of aromatic nitrogens is 2. The fourth-order valence-corrected chi connectivity index (χ4v) is 2.06. The number of halogens is 2. The van der Waals surface area contributed by atoms with Crippen molar-refractivity contribution in [1.82, 2.24) is 15.5 Å². The van der Waals surface area contributed by atoms with Gasteiger partial charge in [-0.1, -0.05) is 23.2 Å². The van der Waals surface area contributed by atoms with Crippen molar-refractivity contribution in [1.29, 1.82) is 0 Å². The number of amides is 1. The van der Waals surface area contributed by atoms with Crippen LogP contribution in [0.25, 0.3) is 0 Å². The normalized spacial score (nSPS) is 11.9. The third-order valence-corrected chi connectivity index (χ3v) is 3.18. The SMILES string of the molecule is CC(NC(=O)COc1ccc(Cl)cc1Cl)c1cn[nH]c1. The molecule has 0 saturated heterocycles. The van der Waals surface area contributed by atoms with E-state index in [9.17, 15) is 4.79 Å². The van der Waals surface area contributed by atoms with E-state index in [1.54, 1.807) is 30.6 Å². The summed E-state index contributed by atoms with van der Waals surface area (Å²) in [6.45, 7) is 1.74. The van der Waals surface area contributed by atoms with Crippen LogP contribution in [0.3, 0.4) is 0 Å². The van der Waals surface area contributed by atoms with Gasteiger partial charge in [-0.3, -0.25) is 9.89 Å². The minimum Gasteiger partial charge on any atom is -0.482 e. The fraction of sp³-hybridized carbons (Fsp3) is 0.231. The molecule has 106 valence electrons. The molecule has 0 fully saturated rings. The van der Waals surface area contributed by atoms with Crippen LogP contribution in [0.2, 0.25) is 10.0 Å². The molecule has 0 spiro atoms. The van der Waals surface area contributed by atoms with Gasteiger partial charge in [0, 0.05) is 16.8 Å². The van der Waals surface area contributed by atoms with Crippen LogP contribution in [-0.4, -0.2) is 22.7 Å². The maximum Gasteiger partial charge on any atom is 0.258 e. The molecule has 2 N–H and O–H groups in total. The van der Waals surface area contributed by atoms with Gasteiger partial charge in [-0.25, -0.2) is 0 Å². The van der Waals surface area contributed by atoms with E-state index in [-0.39, 0.29) is 18.6 Å². The summed E-state index contributed by atoms with van der Waals surface area (Å²) in [6, 6.07) is 4.68. The van der Waals surface area contributed by atoms with Gasteiger partial charge in [-0.05, 0) is 25.1 Å². The van der Waals surface area contributed by atoms with Gasteiger partial charge in [0.2, 0.25) is 0 Å². The molecule has 0 radical (unpaired) electrons. The zero-order valence-corrected chi connectivity index (χ0v) is 12.2. The quantitative estimate of drug-likeness (QED) is 0.891. The summed E-state index contributed by atoms with van der Waals surface area (Å²) in [5.74, 6) is 0.173. The van der Waals surface area contributed by atoms with E-state index in [1.807, 2.05) is 6.92 Å². The van der Waals surface area contributed by atoms with Crippen LogP contribution in [0.4, 0.5) is 0 Å². The maximum atomic E-state index is 11.8. The minimum absolute atomic E-state index is 0.121. The van der Waals surface area contributed by atoms with Crippen LogP contribution < -0.4 is 10.1 Å². The molecule has 0 saturated carbocycles. The summed E-state index contributed by atoms with van der Waals surface area (Å²) in [7, 11) is 0. The second-order valence-corrected chi connectivity index (χ2v) is 5.03. The molecule has 7 heteroatoms. The summed E-state index contributed by atoms with van der Waals surface area (Å²) in [4.78, 5) is 11.8. The minimum atomic E-state index is -0.246. The predicted octanol–water partition coefficient (Wildman–Crippen LogP) is 2.97. The van der Waals surface area contributed by atoms with E-state index in [2.05, 4.69) is 15.5 Å². The monoisotopic (exact) mass is 313 g/mol. The number of hydrogen-bond acceptors (Lipinski definition) is 3. The molecule has 1 unspecified atom stereocenters. The summed E-state index contributed by atoms with van der Waals surface area (Å²) in [6.07, 6.45) is 3.38. The number of H-pyrrole nitrogens is 1. The molecule has 0 bridgehead atoms. The maximum absolute atomic E-state index is 11.8. The number of carbonyl (C=O) groups is 1. The number of benzene rings is 1. The zero-order chi connectivity index (χ0) is 14.5. The van der Waals surface area contributed by atoms with E-state index < -0.39 is 0 Å². The van der Waals surface area contributed by atoms with Crippen LogP contribution in [-0.2, 0) is 4.79 Å². The molecule has 0 aliphatic heterocycles. The topological polar surface area (TPSA) is 67.0 Å². The van der Waals surface area contributed by atoms with E-state index in [0.717, 1.165) is 5.56 Å². The van der Waals surface area contributed by atoms with Gasteiger partial charge in [-0.15, -0.1) is 0 Å². The van der Waals surface area contributed by atoms with Crippen molar-refractivity contribution in [3.63, 3.8) is 0 Å². The Balaban J connectivity index is 1.86. The Labute approximate surface area is 126 Å². The van der Waals surface area contributed by atoms with Gasteiger partial charge in [0.1, 0.15) is 5.75 Å². The molecule has 2 rings (SSSR count). The van der Waals surface area contributed by atoms with Gasteiger partial charge in [0.05, 0.1) is 17.3 Å². The average molecular weight is 314 g/mol. The van der Waals surface area contributed by atoms with Crippen molar-refractivity contribution >= 4 is 29.1 Å². The lowest BCUT2D eigenvalue weighted by Gasteiger charge is -2.13. The number of hydrogen-bond donors (Lipinski definition) is 2. The van der Waals surface area contributed by atoms with Gasteiger partial charge in [-0.2, -0.15) is 5.10 Å². The van der Waals surface area contributed by atoms with E-state index in [4.69, 9.17) is 27.9 Å². The number of carbonyl (C=O) groups excluding carboxylic acids is 1. The number of rotatable bonds is 5. The summed E-state index contributed by atoms with van der Waals surface area (Å²) < 4.78 is 5.35. The third kappa shape index (κ3) is 3.88. The Morgan fingerprint density at radius 2 is 2.30 bits per heavy atom. The first-order valence-electron chi connectivity index (χ1n) is 5.92. The van der Waals surface area contributed by atoms with Crippen molar-refractivity contribution in [2.24, 2.45) is 0 Å². The van der Waals surface area contributed by atoms with Crippen LogP contribution in [0, 0.1) is 0 Å². The molecule has 1 aromatic carbocycles. The first kappa shape index (κ1) is 14.7. The fourth-order valence-electron chi connectivity index (χ4n) is 1.60. The highest BCUT2D eigenvalue weighted by atomic mass is 35.5. The number of ether oxygens (including phenoxy) is 1. The second kappa shape index (κ2) is 6.63. The molecule has 5 nitrogen and oxygen atoms in total. The highest BCUT2D eigenvalue weighted by Gasteiger charge is 2.11. The van der Waals surface area contributed by atoms with Crippen molar-refractivity contribution in [2.75, 3.05) is 6.61 Å². The van der Waals surface area contributed by atoms with Crippen LogP contribution >= 0.6 is 23.2 Å². The van der Waals surface area contributed by atoms with E-state index in [1.165, 1.54) is 0 Å². The summed E-state index contributed by atoms with van der Waals surface area (Å²) >= 11 is 11.7. The molecule has 1 amide bonds. The van der Waals surface area contributed by atoms with Gasteiger partial charge in [0.15, 0.2) is 6.61 Å². The Morgan fingerprint density at radius 3 is 2.95 bits per heavy atom. The van der Waals surface area contributed by atoms with E-state index in [0.29, 0.717) is 15.8 Å². The Bertz CT molecular complexity index is 587. The first-order valence-corrected chi connectivity index (χ1v) is 6.67. The lowest BCUT2D eigenvalue weighted by molar-refractivity contribution is -0.123. The number of nitrogens with zero attached hydrogens (tertiary/aromatic N) is 1. The third-order valence-electron chi connectivity index (χ3n) is 2.65. The molecule has 0 aliphatic carbocycles. The van der Waals surface area contributed by atoms with Crippen molar-refractivity contribution in [3.05, 3.63) is 46.2 Å². The van der Waals surface area contributed by atoms with Crippen molar-refractivity contribution in [2.45, 2.75) is 13.0 Å². The van der Waals surface area contributed by atoms with Crippen LogP contribution in [0.1, 0.15) is 18.5 Å². The molecule has 1 aromatic heterocycles. The summed E-state index contributed by atoms with van der Waals surface area (Å²) in [5.41, 5.74) is 0.892. The van der Waals surface area contributed by atoms with Crippen LogP contribution in [0.5, 0.6) is 5.75 Å². The van der Waals surface area contributed by atoms with Gasteiger partial charge in [0.25, 0.3) is 5.91 Å². The Kier molecular flexibility index (Phi) is 4.87. The van der Waals surface area contributed by atoms with E-state index >= 15 is 0 Å². The predicted molar refractivity (Wildman–Crippen MR) is 77.1 cm³/mol. The number of aromatic amines is 1. The molecule has 1 atom stereocenters. The zero-order valence-electron chi connectivity index (χ0n) is 10.7. The molecule has 20 heavy (non-hydrogen) atoms. The molecule has 2 aromatic rings. The largest absolute Gasteiger partial charge is 0.482 e. The second-order valence-electron chi connectivity index (χ2n) is 4.18. The van der Waals surface area contributed by atoms with Crippen molar-refractivity contribution in [3.8, 4) is 5.75 Å². The number of nitrogens with one attached hydrogen (secondary N) is 2. The average Bonchev–Trinajstić information content (AvgIpc) is 2.91. The van der Waals surface area contributed by atoms with Gasteiger partial charge < -0.3 is 10.1 Å². The molecular weight excluding hydrogens is 301 g/mol. The van der Waals surface area contributed by atoms with Crippen LogP contribution in [0.15, 0.2) is 30.6 Å². The lowest BCUT2D eigenvalue weighted by atomic mass is 10.2. The molecule has 1 heterocycles. The highest BCUT2D eigenvalue weighted by Crippen LogP contribution is 2.27.